The monoisotopic (exact) mass is 285 g/mol. The van der Waals surface area contributed by atoms with Crippen LogP contribution in [-0.4, -0.2) is 15.6 Å². The van der Waals surface area contributed by atoms with Gasteiger partial charge in [-0.1, -0.05) is 29.8 Å². The smallest absolute Gasteiger partial charge is 0.335 e. The molecule has 0 fully saturated rings. The molecule has 0 spiro atoms. The molecule has 0 radical (unpaired) electrons. The maximum atomic E-state index is 11.0. The van der Waals surface area contributed by atoms with Gasteiger partial charge < -0.3 is 9.67 Å². The maximum Gasteiger partial charge on any atom is 0.335 e. The Bertz CT molecular complexity index is 775. The number of hydrogen-bond acceptors (Lipinski definition) is 1. The van der Waals surface area contributed by atoms with Gasteiger partial charge in [-0.2, -0.15) is 0 Å². The first-order valence-corrected chi connectivity index (χ1v) is 6.57. The fourth-order valence-electron chi connectivity index (χ4n) is 2.22. The van der Waals surface area contributed by atoms with Crippen LogP contribution in [0.1, 0.15) is 15.9 Å². The Hall–Kier alpha value is -2.26. The molecule has 4 heteroatoms. The number of aromatic nitrogens is 1. The van der Waals surface area contributed by atoms with Gasteiger partial charge in [-0.25, -0.2) is 4.79 Å². The largest absolute Gasteiger partial charge is 0.478 e. The van der Waals surface area contributed by atoms with E-state index in [-0.39, 0.29) is 0 Å². The highest BCUT2D eigenvalue weighted by atomic mass is 35.5. The highest BCUT2D eigenvalue weighted by molar-refractivity contribution is 6.30. The van der Waals surface area contributed by atoms with Crippen LogP contribution >= 0.6 is 11.6 Å². The van der Waals surface area contributed by atoms with E-state index in [4.69, 9.17) is 16.7 Å². The summed E-state index contributed by atoms with van der Waals surface area (Å²) in [5.41, 5.74) is 1.45. The number of hydrogen-bond donors (Lipinski definition) is 1. The van der Waals surface area contributed by atoms with E-state index in [2.05, 4.69) is 0 Å². The summed E-state index contributed by atoms with van der Waals surface area (Å²) >= 11 is 5.86. The number of rotatable bonds is 3. The topological polar surface area (TPSA) is 42.2 Å². The summed E-state index contributed by atoms with van der Waals surface area (Å²) in [4.78, 5) is 11.0. The summed E-state index contributed by atoms with van der Waals surface area (Å²) < 4.78 is 2.04. The molecule has 0 amide bonds. The van der Waals surface area contributed by atoms with Crippen molar-refractivity contribution in [3.8, 4) is 0 Å². The van der Waals surface area contributed by atoms with Gasteiger partial charge in [-0.05, 0) is 35.2 Å². The molecule has 0 bridgehead atoms. The Morgan fingerprint density at radius 3 is 2.45 bits per heavy atom. The van der Waals surface area contributed by atoms with Gasteiger partial charge in [0.1, 0.15) is 0 Å². The second-order valence-corrected chi connectivity index (χ2v) is 5.14. The van der Waals surface area contributed by atoms with Gasteiger partial charge >= 0.3 is 5.97 Å². The number of benzene rings is 2. The van der Waals surface area contributed by atoms with Crippen LogP contribution in [0.4, 0.5) is 0 Å². The van der Waals surface area contributed by atoms with E-state index in [0.717, 1.165) is 27.9 Å². The first-order chi connectivity index (χ1) is 9.61. The predicted molar refractivity (Wildman–Crippen MR) is 79.5 cm³/mol. The van der Waals surface area contributed by atoms with E-state index < -0.39 is 5.97 Å². The van der Waals surface area contributed by atoms with E-state index in [0.29, 0.717) is 5.56 Å². The molecule has 3 nitrogen and oxygen atoms in total. The van der Waals surface area contributed by atoms with Gasteiger partial charge in [0.2, 0.25) is 0 Å². The van der Waals surface area contributed by atoms with Gasteiger partial charge in [0, 0.05) is 29.3 Å². The first kappa shape index (κ1) is 12.8. The number of carboxylic acids is 1. The van der Waals surface area contributed by atoms with Crippen molar-refractivity contribution in [2.24, 2.45) is 0 Å². The molecule has 1 N–H and O–H groups in total. The third-order valence-corrected chi connectivity index (χ3v) is 3.47. The number of nitrogens with zero attached hydrogens (tertiary/aromatic N) is 1. The molecule has 1 aromatic heterocycles. The minimum Gasteiger partial charge on any atom is -0.478 e. The van der Waals surface area contributed by atoms with Crippen molar-refractivity contribution in [1.29, 1.82) is 0 Å². The van der Waals surface area contributed by atoms with Crippen LogP contribution < -0.4 is 0 Å². The molecule has 0 aliphatic heterocycles. The summed E-state index contributed by atoms with van der Waals surface area (Å²) in [7, 11) is 0. The minimum absolute atomic E-state index is 0.307. The lowest BCUT2D eigenvalue weighted by Crippen LogP contribution is -1.95. The van der Waals surface area contributed by atoms with Crippen LogP contribution in [0.3, 0.4) is 0 Å². The number of carbonyl (C=O) groups is 1. The molecule has 3 rings (SSSR count). The van der Waals surface area contributed by atoms with Crippen molar-refractivity contribution in [1.82, 2.24) is 4.57 Å². The summed E-state index contributed by atoms with van der Waals surface area (Å²) in [6, 6.07) is 12.8. The minimum atomic E-state index is -0.905. The van der Waals surface area contributed by atoms with Crippen molar-refractivity contribution in [2.75, 3.05) is 0 Å². The summed E-state index contributed by atoms with van der Waals surface area (Å²) in [6.45, 7) is 0.730. The molecule has 1 heterocycles. The highest BCUT2D eigenvalue weighted by Crippen LogP contribution is 2.19. The van der Waals surface area contributed by atoms with Gasteiger partial charge in [0.15, 0.2) is 0 Å². The zero-order valence-electron chi connectivity index (χ0n) is 10.6. The molecule has 0 unspecified atom stereocenters. The lowest BCUT2D eigenvalue weighted by molar-refractivity contribution is 0.0697. The Kier molecular flexibility index (Phi) is 3.20. The standard InChI is InChI=1S/C16H12ClNO2/c17-15-5-1-11(2-6-15)8-18-9-13-4-3-12(16(19)20)7-14(13)10-18/h1-7,9-10H,8H2,(H,19,20). The molecule has 2 aromatic carbocycles. The third kappa shape index (κ3) is 2.53. The Morgan fingerprint density at radius 1 is 1.05 bits per heavy atom. The molecule has 3 aromatic rings. The van der Waals surface area contributed by atoms with Crippen LogP contribution in [0.2, 0.25) is 5.02 Å². The van der Waals surface area contributed by atoms with E-state index in [9.17, 15) is 4.79 Å². The quantitative estimate of drug-likeness (QED) is 0.789. The lowest BCUT2D eigenvalue weighted by Gasteiger charge is -2.02. The van der Waals surface area contributed by atoms with Crippen LogP contribution in [0.25, 0.3) is 10.8 Å². The molecule has 0 saturated carbocycles. The van der Waals surface area contributed by atoms with E-state index in [1.165, 1.54) is 0 Å². The second kappa shape index (κ2) is 5.02. The van der Waals surface area contributed by atoms with E-state index >= 15 is 0 Å². The molecule has 0 atom stereocenters. The third-order valence-electron chi connectivity index (χ3n) is 3.22. The Balaban J connectivity index is 1.92. The maximum absolute atomic E-state index is 11.0. The van der Waals surface area contributed by atoms with Crippen LogP contribution in [0, 0.1) is 0 Å². The summed E-state index contributed by atoms with van der Waals surface area (Å²) in [5.74, 6) is -0.905. The molecule has 100 valence electrons. The second-order valence-electron chi connectivity index (χ2n) is 4.71. The zero-order valence-corrected chi connectivity index (χ0v) is 11.3. The van der Waals surface area contributed by atoms with Crippen LogP contribution in [0.15, 0.2) is 54.9 Å². The van der Waals surface area contributed by atoms with Crippen molar-refractivity contribution >= 4 is 28.3 Å². The fourth-order valence-corrected chi connectivity index (χ4v) is 2.35. The molecule has 0 aliphatic rings. The predicted octanol–water partition coefficient (Wildman–Crippen LogP) is 4.04. The van der Waals surface area contributed by atoms with Gasteiger partial charge in [0.25, 0.3) is 0 Å². The molecule has 0 saturated heterocycles. The SMILES string of the molecule is O=C(O)c1ccc2cn(Cc3ccc(Cl)cc3)cc2c1. The van der Waals surface area contributed by atoms with Crippen molar-refractivity contribution < 1.29 is 9.90 Å². The van der Waals surface area contributed by atoms with Crippen molar-refractivity contribution in [2.45, 2.75) is 6.54 Å². The highest BCUT2D eigenvalue weighted by Gasteiger charge is 2.05. The molecule has 0 aliphatic carbocycles. The Morgan fingerprint density at radius 2 is 1.75 bits per heavy atom. The number of aromatic carboxylic acids is 1. The van der Waals surface area contributed by atoms with Gasteiger partial charge in [-0.3, -0.25) is 0 Å². The normalized spacial score (nSPS) is 10.8. The summed E-state index contributed by atoms with van der Waals surface area (Å²) in [6.07, 6.45) is 3.96. The molecule has 20 heavy (non-hydrogen) atoms. The average molecular weight is 286 g/mol. The van der Waals surface area contributed by atoms with Gasteiger partial charge in [0.05, 0.1) is 5.56 Å². The fraction of sp³-hybridized carbons (Fsp3) is 0.0625. The van der Waals surface area contributed by atoms with E-state index in [1.807, 2.05) is 47.3 Å². The Labute approximate surface area is 121 Å². The summed E-state index contributed by atoms with van der Waals surface area (Å²) in [5, 5.41) is 11.7. The number of halogens is 1. The average Bonchev–Trinajstić information content (AvgIpc) is 2.82. The molecular formula is C16H12ClNO2. The van der Waals surface area contributed by atoms with Crippen LogP contribution in [0.5, 0.6) is 0 Å². The van der Waals surface area contributed by atoms with Crippen LogP contribution in [-0.2, 0) is 6.54 Å². The lowest BCUT2D eigenvalue weighted by atomic mass is 10.1. The number of carboxylic acid groups (broad SMARTS) is 1. The van der Waals surface area contributed by atoms with E-state index in [1.54, 1.807) is 12.1 Å². The first-order valence-electron chi connectivity index (χ1n) is 6.19. The van der Waals surface area contributed by atoms with Crippen molar-refractivity contribution in [3.63, 3.8) is 0 Å². The molecular weight excluding hydrogens is 274 g/mol. The van der Waals surface area contributed by atoms with Crippen molar-refractivity contribution in [3.05, 3.63) is 71.0 Å². The number of fused-ring (bicyclic) bond motifs is 1. The van der Waals surface area contributed by atoms with Gasteiger partial charge in [-0.15, -0.1) is 0 Å². The zero-order chi connectivity index (χ0) is 14.1.